The lowest BCUT2D eigenvalue weighted by molar-refractivity contribution is -0.148. The zero-order valence-electron chi connectivity index (χ0n) is 42.7. The number of aromatic amines is 3. The van der Waals surface area contributed by atoms with Crippen LogP contribution in [0.25, 0.3) is 34.9 Å². The van der Waals surface area contributed by atoms with E-state index in [1.807, 2.05) is 133 Å². The van der Waals surface area contributed by atoms with Gasteiger partial charge in [0.2, 0.25) is 0 Å². The first-order chi connectivity index (χ1) is 35.2. The fraction of sp³-hybridized carbons (Fsp3) is 0.246. The molecule has 1 atom stereocenters. The quantitative estimate of drug-likeness (QED) is 0.0513. The Hall–Kier alpha value is -8.99. The molecule has 3 amide bonds. The van der Waals surface area contributed by atoms with E-state index in [9.17, 15) is 33.6 Å². The van der Waals surface area contributed by atoms with Gasteiger partial charge in [0.05, 0.1) is 46.6 Å². The minimum atomic E-state index is -1.07. The Kier molecular flexibility index (Phi) is 16.1. The maximum Gasteiger partial charge on any atom is 0.308 e. The van der Waals surface area contributed by atoms with E-state index in [4.69, 9.17) is 19.3 Å². The highest BCUT2D eigenvalue weighted by molar-refractivity contribution is 6.37. The number of hydrogen-bond acceptors (Lipinski definition) is 10. The molecule has 0 saturated carbocycles. The summed E-state index contributed by atoms with van der Waals surface area (Å²) in [6.07, 6.45) is 4.33. The number of carbonyl (C=O) groups excluding carboxylic acids is 6. The minimum absolute atomic E-state index is 0.0781. The Balaban J connectivity index is 0.000000163. The van der Waals surface area contributed by atoms with E-state index < -0.39 is 30.1 Å². The number of benzene rings is 3. The summed E-state index contributed by atoms with van der Waals surface area (Å²) in [6.45, 7) is 15.9. The lowest BCUT2D eigenvalue weighted by Gasteiger charge is -2.24. The van der Waals surface area contributed by atoms with Crippen molar-refractivity contribution in [3.8, 4) is 0 Å². The number of fused-ring (bicyclic) bond motifs is 3. The van der Waals surface area contributed by atoms with Crippen molar-refractivity contribution in [2.75, 3.05) is 28.2 Å². The molecule has 0 saturated heterocycles. The third-order valence-electron chi connectivity index (χ3n) is 12.3. The van der Waals surface area contributed by atoms with Gasteiger partial charge < -0.3 is 34.3 Å². The maximum absolute atomic E-state index is 13.0. The molecule has 17 heteroatoms. The van der Waals surface area contributed by atoms with Crippen LogP contribution in [0.15, 0.2) is 91.0 Å². The van der Waals surface area contributed by atoms with Crippen molar-refractivity contribution >= 4 is 93.6 Å². The number of aromatic nitrogens is 3. The molecule has 3 aromatic carbocycles. The van der Waals surface area contributed by atoms with Crippen LogP contribution in [-0.4, -0.2) is 81.3 Å². The highest BCUT2D eigenvalue weighted by Gasteiger charge is 2.37. The van der Waals surface area contributed by atoms with Crippen LogP contribution in [0.2, 0.25) is 0 Å². The number of nitrogens with zero attached hydrogens (tertiary/aromatic N) is 3. The molecule has 6 heterocycles. The normalized spacial score (nSPS) is 15.3. The van der Waals surface area contributed by atoms with Crippen LogP contribution in [0.4, 0.5) is 17.1 Å². The van der Waals surface area contributed by atoms with E-state index in [0.717, 1.165) is 78.9 Å². The number of carbonyl (C=O) groups is 7. The van der Waals surface area contributed by atoms with Crippen LogP contribution in [0.1, 0.15) is 101 Å². The second kappa shape index (κ2) is 22.6. The van der Waals surface area contributed by atoms with Crippen LogP contribution in [0.5, 0.6) is 0 Å². The van der Waals surface area contributed by atoms with Crippen LogP contribution in [-0.2, 0) is 47.8 Å². The van der Waals surface area contributed by atoms with Gasteiger partial charge in [-0.1, -0.05) is 54.6 Å². The van der Waals surface area contributed by atoms with Crippen molar-refractivity contribution in [3.05, 3.63) is 159 Å². The molecule has 0 aliphatic carbocycles. The summed E-state index contributed by atoms with van der Waals surface area (Å²) >= 11 is 0. The summed E-state index contributed by atoms with van der Waals surface area (Å²) < 4.78 is 15.3. The van der Waals surface area contributed by atoms with Gasteiger partial charge in [-0.25, -0.2) is 0 Å². The van der Waals surface area contributed by atoms with Gasteiger partial charge in [0.1, 0.15) is 0 Å². The molecular formula is C57H58N6O11. The van der Waals surface area contributed by atoms with E-state index in [0.29, 0.717) is 22.4 Å². The van der Waals surface area contributed by atoms with Crippen LogP contribution in [0.3, 0.4) is 0 Å². The second-order valence-electron chi connectivity index (χ2n) is 18.0. The Bertz CT molecular complexity index is 3290. The zero-order valence-corrected chi connectivity index (χ0v) is 42.7. The molecule has 0 fully saturated rings. The molecule has 74 heavy (non-hydrogen) atoms. The van der Waals surface area contributed by atoms with Gasteiger partial charge in [0.15, 0.2) is 19.7 Å². The summed E-state index contributed by atoms with van der Waals surface area (Å²) in [5.41, 5.74) is 15.3. The number of esters is 3. The number of carboxylic acids is 1. The van der Waals surface area contributed by atoms with Gasteiger partial charge in [-0.15, -0.1) is 0 Å². The molecule has 6 aromatic rings. The van der Waals surface area contributed by atoms with Crippen molar-refractivity contribution in [2.45, 2.75) is 81.4 Å². The molecule has 3 aliphatic rings. The van der Waals surface area contributed by atoms with Gasteiger partial charge in [0, 0.05) is 64.7 Å². The lowest BCUT2D eigenvalue weighted by atomic mass is 10.1. The van der Waals surface area contributed by atoms with Gasteiger partial charge in [-0.3, -0.25) is 48.3 Å². The monoisotopic (exact) mass is 1000 g/mol. The molecule has 3 aliphatic heterocycles. The highest BCUT2D eigenvalue weighted by atomic mass is 16.6. The molecule has 17 nitrogen and oxygen atoms in total. The molecule has 382 valence electrons. The van der Waals surface area contributed by atoms with Gasteiger partial charge in [0.25, 0.3) is 17.7 Å². The maximum atomic E-state index is 13.0. The molecular weight excluding hydrogens is 945 g/mol. The predicted molar refractivity (Wildman–Crippen MR) is 282 cm³/mol. The van der Waals surface area contributed by atoms with E-state index in [1.54, 1.807) is 25.1 Å². The van der Waals surface area contributed by atoms with E-state index >= 15 is 0 Å². The van der Waals surface area contributed by atoms with Crippen molar-refractivity contribution in [3.63, 3.8) is 0 Å². The number of nitrogens with one attached hydrogen (secondary N) is 3. The van der Waals surface area contributed by atoms with Crippen LogP contribution >= 0.6 is 0 Å². The molecule has 1 unspecified atom stereocenters. The number of hydrogen-bond donors (Lipinski definition) is 4. The summed E-state index contributed by atoms with van der Waals surface area (Å²) in [7, 11) is 0. The number of carboxylic acid groups (broad SMARTS) is 1. The standard InChI is InChI=1S/C20H20N2O5.C19H20N2O3.C18H18N2O3/c1-12-9-13(2)21-16(12)10-15-14-5-3-4-6-17(14)22(20(15)26)11-27-19(25)8-7-18(23)24;1-11-9-12(2)20-17(11)10-16-15-7-5-6-8-18(15)21(19(16)23)13(3)24-14(4)22;1-11-8-12(2)19-16(11)9-15-14-6-4-5-7-17(14)20(18(15)22)10-23-13(3)21/h3-6,9-10,21H,7-8,11H2,1-2H3,(H,23,24);5-10,13,20H,1-4H3;4-9,19H,10H2,1-3H3/b15-10-;16-10-;15-9-. The predicted octanol–water partition coefficient (Wildman–Crippen LogP) is 9.35. The largest absolute Gasteiger partial charge is 0.481 e. The van der Waals surface area contributed by atoms with E-state index in [2.05, 4.69) is 15.0 Å². The lowest BCUT2D eigenvalue weighted by Crippen LogP contribution is -2.38. The number of ether oxygens (including phenoxy) is 3. The van der Waals surface area contributed by atoms with Gasteiger partial charge in [-0.2, -0.15) is 0 Å². The fourth-order valence-electron chi connectivity index (χ4n) is 8.91. The molecule has 9 rings (SSSR count). The van der Waals surface area contributed by atoms with Gasteiger partial charge in [-0.05, 0) is 120 Å². The Morgan fingerprint density at radius 3 is 1.30 bits per heavy atom. The van der Waals surface area contributed by atoms with Crippen molar-refractivity contribution in [1.82, 2.24) is 15.0 Å². The smallest absolute Gasteiger partial charge is 0.308 e. The molecule has 0 spiro atoms. The summed E-state index contributed by atoms with van der Waals surface area (Å²) in [4.78, 5) is 97.3. The number of aliphatic carboxylic acids is 1. The first-order valence-corrected chi connectivity index (χ1v) is 23.8. The third kappa shape index (κ3) is 11.8. The summed E-state index contributed by atoms with van der Waals surface area (Å²) in [6, 6.07) is 28.4. The molecule has 0 bridgehead atoms. The first-order valence-electron chi connectivity index (χ1n) is 23.8. The van der Waals surface area contributed by atoms with E-state index in [1.165, 1.54) is 28.5 Å². The second-order valence-corrected chi connectivity index (χ2v) is 18.0. The third-order valence-corrected chi connectivity index (χ3v) is 12.3. The summed E-state index contributed by atoms with van der Waals surface area (Å²) in [5.74, 6) is -3.17. The SMILES string of the molecule is CC(=O)OC(C)N1C(=O)/C(=C\c2[nH]c(C)cc2C)c2ccccc21.CC(=O)OCN1C(=O)/C(=C\c2[nH]c(C)cc2C)c2ccccc21.Cc1cc(C)c(/C=C2\C(=O)N(COC(=O)CCC(=O)O)c3ccccc32)[nH]1. The van der Waals surface area contributed by atoms with Gasteiger partial charge >= 0.3 is 23.9 Å². The Morgan fingerprint density at radius 2 is 0.919 bits per heavy atom. The van der Waals surface area contributed by atoms with Crippen molar-refractivity contribution in [1.29, 1.82) is 0 Å². The Labute approximate surface area is 428 Å². The number of para-hydroxylation sites is 3. The molecule has 4 N–H and O–H groups in total. The van der Waals surface area contributed by atoms with E-state index in [-0.39, 0.29) is 44.0 Å². The molecule has 3 aromatic heterocycles. The first kappa shape index (κ1) is 52.8. The number of rotatable bonds is 12. The zero-order chi connectivity index (χ0) is 53.5. The number of anilines is 3. The number of aryl methyl sites for hydroxylation is 6. The van der Waals surface area contributed by atoms with Crippen molar-refractivity contribution in [2.24, 2.45) is 0 Å². The average Bonchev–Trinajstić information content (AvgIpc) is 4.15. The minimum Gasteiger partial charge on any atom is -0.481 e. The topological polar surface area (TPSA) is 224 Å². The fourth-order valence-corrected chi connectivity index (χ4v) is 8.91. The summed E-state index contributed by atoms with van der Waals surface area (Å²) in [5, 5.41) is 8.63. The average molecular weight is 1000 g/mol. The number of H-pyrrole nitrogens is 3. The highest BCUT2D eigenvalue weighted by Crippen LogP contribution is 2.41. The molecule has 0 radical (unpaired) electrons. The Morgan fingerprint density at radius 1 is 0.541 bits per heavy atom. The van der Waals surface area contributed by atoms with Crippen LogP contribution in [0, 0.1) is 41.5 Å². The number of amides is 3. The van der Waals surface area contributed by atoms with Crippen LogP contribution < -0.4 is 14.7 Å². The van der Waals surface area contributed by atoms with Crippen molar-refractivity contribution < 1.29 is 52.9 Å².